The number of methoxy groups -OCH3 is 1. The molecule has 0 aromatic heterocycles. The van der Waals surface area contributed by atoms with Gasteiger partial charge in [-0.2, -0.15) is 0 Å². The monoisotopic (exact) mass is 504 g/mol. The van der Waals surface area contributed by atoms with E-state index in [2.05, 4.69) is 127 Å². The maximum atomic E-state index is 5.70. The third-order valence-electron chi connectivity index (χ3n) is 7.99. The molecular weight excluding hydrogens is 464 g/mol. The first-order chi connectivity index (χ1) is 18.7. The quantitative estimate of drug-likeness (QED) is 0.218. The van der Waals surface area contributed by atoms with Gasteiger partial charge >= 0.3 is 0 Å². The number of ether oxygens (including phenoxy) is 1. The van der Waals surface area contributed by atoms with E-state index in [4.69, 9.17) is 4.74 Å². The predicted molar refractivity (Wildman–Crippen MR) is 158 cm³/mol. The van der Waals surface area contributed by atoms with E-state index in [9.17, 15) is 0 Å². The molecule has 0 aliphatic heterocycles. The van der Waals surface area contributed by atoms with Crippen LogP contribution < -0.4 is 15.4 Å². The zero-order valence-electron chi connectivity index (χ0n) is 22.7. The van der Waals surface area contributed by atoms with E-state index >= 15 is 0 Å². The molecule has 0 saturated heterocycles. The van der Waals surface area contributed by atoms with Crippen LogP contribution >= 0.6 is 0 Å². The molecule has 2 N–H and O–H groups in total. The van der Waals surface area contributed by atoms with E-state index in [1.807, 2.05) is 0 Å². The summed E-state index contributed by atoms with van der Waals surface area (Å²) in [4.78, 5) is 0. The summed E-state index contributed by atoms with van der Waals surface area (Å²) < 4.78 is 5.70. The highest BCUT2D eigenvalue weighted by atomic mass is 16.5. The fourth-order valence-electron chi connectivity index (χ4n) is 6.12. The van der Waals surface area contributed by atoms with Gasteiger partial charge in [-0.15, -0.1) is 0 Å². The number of rotatable bonds is 11. The highest BCUT2D eigenvalue weighted by Crippen LogP contribution is 2.37. The molecule has 0 radical (unpaired) electrons. The molecule has 5 rings (SSSR count). The van der Waals surface area contributed by atoms with E-state index in [0.717, 1.165) is 44.4 Å². The van der Waals surface area contributed by atoms with Gasteiger partial charge in [0.25, 0.3) is 0 Å². The average Bonchev–Trinajstić information content (AvgIpc) is 2.99. The second kappa shape index (κ2) is 12.4. The lowest BCUT2D eigenvalue weighted by atomic mass is 9.76. The lowest BCUT2D eigenvalue weighted by molar-refractivity contribution is 0.333. The number of nitrogens with one attached hydrogen (secondary N) is 2. The molecular formula is C35H40N2O. The van der Waals surface area contributed by atoms with Crippen molar-refractivity contribution in [2.75, 3.05) is 13.7 Å². The Morgan fingerprint density at radius 1 is 0.789 bits per heavy atom. The molecule has 0 fully saturated rings. The Labute approximate surface area is 228 Å². The van der Waals surface area contributed by atoms with Crippen molar-refractivity contribution in [3.8, 4) is 5.75 Å². The second-order valence-corrected chi connectivity index (χ2v) is 10.4. The summed E-state index contributed by atoms with van der Waals surface area (Å²) >= 11 is 0. The molecule has 0 amide bonds. The van der Waals surface area contributed by atoms with Gasteiger partial charge in [-0.1, -0.05) is 116 Å². The first-order valence-electron chi connectivity index (χ1n) is 14.1. The molecule has 0 bridgehead atoms. The van der Waals surface area contributed by atoms with Gasteiger partial charge in [0.1, 0.15) is 5.75 Å². The van der Waals surface area contributed by atoms with Gasteiger partial charge in [-0.25, -0.2) is 0 Å². The highest BCUT2D eigenvalue weighted by molar-refractivity contribution is 5.49. The summed E-state index contributed by atoms with van der Waals surface area (Å²) in [5.41, 5.74) is 6.13. The highest BCUT2D eigenvalue weighted by Gasteiger charge is 2.38. The molecule has 0 heterocycles. The van der Waals surface area contributed by atoms with Gasteiger partial charge in [-0.3, -0.25) is 5.32 Å². The van der Waals surface area contributed by atoms with Crippen LogP contribution in [0.2, 0.25) is 0 Å². The molecule has 0 spiro atoms. The maximum absolute atomic E-state index is 5.70. The standard InChI is InChI=1S/C35H40N2O/c1-3-14-32(26-36-31-24-23-27-15-13-22-34(38-2)33(27)25-31)37-35(28-16-7-4-8-17-28,29-18-9-5-10-19-29)30-20-11-6-12-21-30/h4-13,15-22,31-32,36-37H,3,14,23-26H2,1-2H3. The van der Waals surface area contributed by atoms with Crippen LogP contribution in [0.15, 0.2) is 109 Å². The van der Waals surface area contributed by atoms with Gasteiger partial charge in [0, 0.05) is 18.6 Å². The molecule has 38 heavy (non-hydrogen) atoms. The van der Waals surface area contributed by atoms with E-state index in [-0.39, 0.29) is 0 Å². The summed E-state index contributed by atoms with van der Waals surface area (Å²) in [6, 6.07) is 40.0. The smallest absolute Gasteiger partial charge is 0.122 e. The molecule has 196 valence electrons. The zero-order chi connectivity index (χ0) is 26.2. The predicted octanol–water partition coefficient (Wildman–Crippen LogP) is 6.89. The minimum Gasteiger partial charge on any atom is -0.496 e. The summed E-state index contributed by atoms with van der Waals surface area (Å²) in [7, 11) is 1.78. The number of aryl methyl sites for hydroxylation is 1. The van der Waals surface area contributed by atoms with Gasteiger partial charge in [0.15, 0.2) is 0 Å². The van der Waals surface area contributed by atoms with Gasteiger partial charge < -0.3 is 10.1 Å². The summed E-state index contributed by atoms with van der Waals surface area (Å²) in [5, 5.41) is 8.17. The summed E-state index contributed by atoms with van der Waals surface area (Å²) in [6.07, 6.45) is 5.47. The van der Waals surface area contributed by atoms with E-state index in [1.54, 1.807) is 7.11 Å². The van der Waals surface area contributed by atoms with E-state index in [0.29, 0.717) is 12.1 Å². The van der Waals surface area contributed by atoms with Crippen molar-refractivity contribution >= 4 is 0 Å². The van der Waals surface area contributed by atoms with Crippen molar-refractivity contribution in [3.63, 3.8) is 0 Å². The van der Waals surface area contributed by atoms with E-state index in [1.165, 1.54) is 27.8 Å². The fourth-order valence-corrected chi connectivity index (χ4v) is 6.12. The van der Waals surface area contributed by atoms with Crippen LogP contribution in [-0.4, -0.2) is 25.7 Å². The molecule has 2 unspecified atom stereocenters. The first-order valence-corrected chi connectivity index (χ1v) is 14.1. The van der Waals surface area contributed by atoms with E-state index < -0.39 is 5.54 Å². The summed E-state index contributed by atoms with van der Waals surface area (Å²) in [6.45, 7) is 3.20. The average molecular weight is 505 g/mol. The van der Waals surface area contributed by atoms with Gasteiger partial charge in [-0.05, 0) is 59.6 Å². The minimum absolute atomic E-state index is 0.291. The van der Waals surface area contributed by atoms with Crippen LogP contribution in [0.4, 0.5) is 0 Å². The third-order valence-corrected chi connectivity index (χ3v) is 7.99. The van der Waals surface area contributed by atoms with Crippen molar-refractivity contribution in [2.45, 2.75) is 56.7 Å². The zero-order valence-corrected chi connectivity index (χ0v) is 22.7. The second-order valence-electron chi connectivity index (χ2n) is 10.4. The van der Waals surface area contributed by atoms with Crippen LogP contribution in [0.25, 0.3) is 0 Å². The lowest BCUT2D eigenvalue weighted by Crippen LogP contribution is -2.54. The number of hydrogen-bond donors (Lipinski definition) is 2. The summed E-state index contributed by atoms with van der Waals surface area (Å²) in [5.74, 6) is 1.02. The number of fused-ring (bicyclic) bond motifs is 1. The largest absolute Gasteiger partial charge is 0.496 e. The van der Waals surface area contributed by atoms with Crippen molar-refractivity contribution in [3.05, 3.63) is 137 Å². The number of hydrogen-bond acceptors (Lipinski definition) is 3. The van der Waals surface area contributed by atoms with Crippen LogP contribution in [0.5, 0.6) is 5.75 Å². The van der Waals surface area contributed by atoms with Gasteiger partial charge in [0.05, 0.1) is 12.6 Å². The van der Waals surface area contributed by atoms with Crippen molar-refractivity contribution in [1.29, 1.82) is 0 Å². The van der Waals surface area contributed by atoms with Gasteiger partial charge in [0.2, 0.25) is 0 Å². The van der Waals surface area contributed by atoms with Crippen LogP contribution in [0, 0.1) is 0 Å². The van der Waals surface area contributed by atoms with Crippen molar-refractivity contribution in [1.82, 2.24) is 10.6 Å². The molecule has 4 aromatic rings. The topological polar surface area (TPSA) is 33.3 Å². The molecule has 0 saturated carbocycles. The first kappa shape index (κ1) is 26.2. The molecule has 3 nitrogen and oxygen atoms in total. The maximum Gasteiger partial charge on any atom is 0.122 e. The molecule has 4 aromatic carbocycles. The number of benzene rings is 4. The minimum atomic E-state index is -0.451. The third kappa shape index (κ3) is 5.55. The molecule has 3 heteroatoms. The molecule has 1 aliphatic carbocycles. The van der Waals surface area contributed by atoms with Crippen LogP contribution in [-0.2, 0) is 18.4 Å². The Morgan fingerprint density at radius 2 is 1.37 bits per heavy atom. The van der Waals surface area contributed by atoms with Crippen molar-refractivity contribution in [2.24, 2.45) is 0 Å². The van der Waals surface area contributed by atoms with Crippen molar-refractivity contribution < 1.29 is 4.74 Å². The fraction of sp³-hybridized carbons (Fsp3) is 0.314. The normalized spacial score (nSPS) is 16.0. The van der Waals surface area contributed by atoms with Crippen LogP contribution in [0.3, 0.4) is 0 Å². The Balaban J connectivity index is 1.45. The Kier molecular flexibility index (Phi) is 8.58. The molecule has 1 aliphatic rings. The van der Waals surface area contributed by atoms with Crippen LogP contribution in [0.1, 0.15) is 54.0 Å². The Hall–Kier alpha value is -3.40. The Morgan fingerprint density at radius 3 is 1.89 bits per heavy atom. The molecule has 2 atom stereocenters. The lowest BCUT2D eigenvalue weighted by Gasteiger charge is -2.41. The Bertz CT molecular complexity index is 1160. The SMILES string of the molecule is CCCC(CNC1CCc2cccc(OC)c2C1)NC(c1ccccc1)(c1ccccc1)c1ccccc1.